The third-order valence-electron chi connectivity index (χ3n) is 4.51. The van der Waals surface area contributed by atoms with E-state index in [2.05, 4.69) is 5.32 Å². The Balaban J connectivity index is 1.69. The van der Waals surface area contributed by atoms with Crippen LogP contribution in [0.15, 0.2) is 42.5 Å². The van der Waals surface area contributed by atoms with E-state index in [0.29, 0.717) is 11.3 Å². The number of amides is 1. The van der Waals surface area contributed by atoms with E-state index >= 15 is 0 Å². The van der Waals surface area contributed by atoms with E-state index in [1.807, 2.05) is 18.2 Å². The van der Waals surface area contributed by atoms with Crippen molar-refractivity contribution in [3.63, 3.8) is 0 Å². The fourth-order valence-corrected chi connectivity index (χ4v) is 3.13. The number of carbonyl (C=O) groups excluding carboxylic acids is 1. The SMILES string of the molecule is COc1ccc(OC)c(C2CC2C(=O)Nc2cccc(CC(=O)O)c2)c1. The Labute approximate surface area is 151 Å². The molecule has 1 fully saturated rings. The molecule has 136 valence electrons. The first-order valence-corrected chi connectivity index (χ1v) is 8.35. The summed E-state index contributed by atoms with van der Waals surface area (Å²) in [6.45, 7) is 0. The molecule has 0 heterocycles. The molecule has 2 aromatic carbocycles. The van der Waals surface area contributed by atoms with E-state index in [1.54, 1.807) is 38.5 Å². The minimum atomic E-state index is -0.902. The zero-order valence-corrected chi connectivity index (χ0v) is 14.7. The monoisotopic (exact) mass is 355 g/mol. The van der Waals surface area contributed by atoms with Gasteiger partial charge in [0.2, 0.25) is 5.91 Å². The molecule has 1 amide bonds. The van der Waals surface area contributed by atoms with Crippen LogP contribution in [0.5, 0.6) is 11.5 Å². The van der Waals surface area contributed by atoms with Gasteiger partial charge in [0.15, 0.2) is 0 Å². The maximum absolute atomic E-state index is 12.5. The van der Waals surface area contributed by atoms with Gasteiger partial charge >= 0.3 is 5.97 Å². The van der Waals surface area contributed by atoms with Crippen LogP contribution in [0.1, 0.15) is 23.5 Å². The number of ether oxygens (including phenoxy) is 2. The van der Waals surface area contributed by atoms with E-state index in [-0.39, 0.29) is 24.2 Å². The molecule has 1 aliphatic carbocycles. The Hall–Kier alpha value is -3.02. The molecule has 6 heteroatoms. The second kappa shape index (κ2) is 7.47. The largest absolute Gasteiger partial charge is 0.497 e. The molecule has 0 saturated heterocycles. The summed E-state index contributed by atoms with van der Waals surface area (Å²) in [6, 6.07) is 12.5. The summed E-state index contributed by atoms with van der Waals surface area (Å²) in [5.74, 6) is 0.442. The van der Waals surface area contributed by atoms with Crippen LogP contribution in [-0.2, 0) is 16.0 Å². The highest BCUT2D eigenvalue weighted by molar-refractivity contribution is 5.95. The number of carboxylic acids is 1. The van der Waals surface area contributed by atoms with Gasteiger partial charge < -0.3 is 19.9 Å². The quantitative estimate of drug-likeness (QED) is 0.797. The molecule has 2 aromatic rings. The molecule has 2 unspecified atom stereocenters. The number of anilines is 1. The van der Waals surface area contributed by atoms with Gasteiger partial charge in [0.1, 0.15) is 11.5 Å². The Kier molecular flexibility index (Phi) is 5.11. The van der Waals surface area contributed by atoms with Crippen LogP contribution >= 0.6 is 0 Å². The molecule has 6 nitrogen and oxygen atoms in total. The first-order chi connectivity index (χ1) is 12.5. The fraction of sp³-hybridized carbons (Fsp3) is 0.300. The van der Waals surface area contributed by atoms with Crippen LogP contribution in [0, 0.1) is 5.92 Å². The van der Waals surface area contributed by atoms with Crippen molar-refractivity contribution in [3.8, 4) is 11.5 Å². The Morgan fingerprint density at radius 2 is 1.96 bits per heavy atom. The second-order valence-corrected chi connectivity index (χ2v) is 6.32. The molecule has 0 radical (unpaired) electrons. The molecule has 26 heavy (non-hydrogen) atoms. The molecular weight excluding hydrogens is 334 g/mol. The summed E-state index contributed by atoms with van der Waals surface area (Å²) in [4.78, 5) is 23.4. The summed E-state index contributed by atoms with van der Waals surface area (Å²) in [5.41, 5.74) is 2.22. The highest BCUT2D eigenvalue weighted by atomic mass is 16.5. The summed E-state index contributed by atoms with van der Waals surface area (Å²) in [5, 5.41) is 11.8. The highest BCUT2D eigenvalue weighted by Gasteiger charge is 2.45. The first kappa shape index (κ1) is 17.8. The highest BCUT2D eigenvalue weighted by Crippen LogP contribution is 2.51. The number of rotatable bonds is 7. The van der Waals surface area contributed by atoms with Crippen LogP contribution in [0.25, 0.3) is 0 Å². The van der Waals surface area contributed by atoms with Crippen LogP contribution < -0.4 is 14.8 Å². The number of carboxylic acid groups (broad SMARTS) is 1. The average molecular weight is 355 g/mol. The van der Waals surface area contributed by atoms with Gasteiger partial charge in [-0.3, -0.25) is 9.59 Å². The van der Waals surface area contributed by atoms with Crippen molar-refractivity contribution in [2.75, 3.05) is 19.5 Å². The van der Waals surface area contributed by atoms with Gasteiger partial charge in [0, 0.05) is 23.1 Å². The fourth-order valence-electron chi connectivity index (χ4n) is 3.13. The Morgan fingerprint density at radius 1 is 1.15 bits per heavy atom. The van der Waals surface area contributed by atoms with Crippen molar-refractivity contribution in [2.24, 2.45) is 5.92 Å². The third-order valence-corrected chi connectivity index (χ3v) is 4.51. The van der Waals surface area contributed by atoms with Crippen molar-refractivity contribution >= 4 is 17.6 Å². The van der Waals surface area contributed by atoms with E-state index in [1.165, 1.54) is 0 Å². The van der Waals surface area contributed by atoms with Crippen LogP contribution in [0.4, 0.5) is 5.69 Å². The van der Waals surface area contributed by atoms with Crippen LogP contribution in [0.3, 0.4) is 0 Å². The summed E-state index contributed by atoms with van der Waals surface area (Å²) >= 11 is 0. The predicted molar refractivity (Wildman–Crippen MR) is 96.8 cm³/mol. The third kappa shape index (κ3) is 3.96. The van der Waals surface area contributed by atoms with Gasteiger partial charge in [0.25, 0.3) is 0 Å². The van der Waals surface area contributed by atoms with E-state index < -0.39 is 5.97 Å². The van der Waals surface area contributed by atoms with Crippen molar-refractivity contribution in [1.29, 1.82) is 0 Å². The van der Waals surface area contributed by atoms with Gasteiger partial charge in [-0.15, -0.1) is 0 Å². The number of nitrogens with one attached hydrogen (secondary N) is 1. The topological polar surface area (TPSA) is 84.9 Å². The van der Waals surface area contributed by atoms with Gasteiger partial charge in [-0.1, -0.05) is 12.1 Å². The van der Waals surface area contributed by atoms with Gasteiger partial charge in [-0.2, -0.15) is 0 Å². The lowest BCUT2D eigenvalue weighted by Crippen LogP contribution is -2.15. The van der Waals surface area contributed by atoms with E-state index in [0.717, 1.165) is 23.5 Å². The van der Waals surface area contributed by atoms with E-state index in [4.69, 9.17) is 14.6 Å². The Bertz CT molecular complexity index is 833. The van der Waals surface area contributed by atoms with Crippen molar-refractivity contribution in [2.45, 2.75) is 18.8 Å². The maximum atomic E-state index is 12.5. The minimum Gasteiger partial charge on any atom is -0.497 e. The first-order valence-electron chi connectivity index (χ1n) is 8.35. The zero-order chi connectivity index (χ0) is 18.7. The number of carbonyl (C=O) groups is 2. The number of hydrogen-bond donors (Lipinski definition) is 2. The van der Waals surface area contributed by atoms with Crippen molar-refractivity contribution in [3.05, 3.63) is 53.6 Å². The standard InChI is InChI=1S/C20H21NO5/c1-25-14-6-7-18(26-2)16(10-14)15-11-17(15)20(24)21-13-5-3-4-12(8-13)9-19(22)23/h3-8,10,15,17H,9,11H2,1-2H3,(H,21,24)(H,22,23). The molecular formula is C20H21NO5. The Morgan fingerprint density at radius 3 is 2.65 bits per heavy atom. The molecule has 1 aliphatic rings. The molecule has 0 spiro atoms. The maximum Gasteiger partial charge on any atom is 0.307 e. The smallest absolute Gasteiger partial charge is 0.307 e. The minimum absolute atomic E-state index is 0.0726. The van der Waals surface area contributed by atoms with Crippen molar-refractivity contribution in [1.82, 2.24) is 0 Å². The van der Waals surface area contributed by atoms with Gasteiger partial charge in [-0.25, -0.2) is 0 Å². The summed E-state index contributed by atoms with van der Waals surface area (Å²) in [6.07, 6.45) is 0.668. The van der Waals surface area contributed by atoms with Crippen molar-refractivity contribution < 1.29 is 24.2 Å². The molecule has 0 bridgehead atoms. The molecule has 2 N–H and O–H groups in total. The molecule has 3 rings (SSSR count). The molecule has 0 aromatic heterocycles. The lowest BCUT2D eigenvalue weighted by molar-refractivity contribution is -0.136. The summed E-state index contributed by atoms with van der Waals surface area (Å²) in [7, 11) is 3.21. The number of methoxy groups -OCH3 is 2. The molecule has 1 saturated carbocycles. The van der Waals surface area contributed by atoms with Gasteiger partial charge in [0.05, 0.1) is 20.6 Å². The lowest BCUT2D eigenvalue weighted by Gasteiger charge is -2.11. The number of benzene rings is 2. The second-order valence-electron chi connectivity index (χ2n) is 6.32. The lowest BCUT2D eigenvalue weighted by atomic mass is 10.1. The van der Waals surface area contributed by atoms with Crippen LogP contribution in [-0.4, -0.2) is 31.2 Å². The molecule has 2 atom stereocenters. The van der Waals surface area contributed by atoms with Crippen LogP contribution in [0.2, 0.25) is 0 Å². The average Bonchev–Trinajstić information content (AvgIpc) is 3.41. The van der Waals surface area contributed by atoms with Gasteiger partial charge in [-0.05, 0) is 42.3 Å². The molecule has 0 aliphatic heterocycles. The predicted octanol–water partition coefficient (Wildman–Crippen LogP) is 3.07. The van der Waals surface area contributed by atoms with E-state index in [9.17, 15) is 9.59 Å². The number of hydrogen-bond acceptors (Lipinski definition) is 4. The normalized spacial score (nSPS) is 18.1. The summed E-state index contributed by atoms with van der Waals surface area (Å²) < 4.78 is 10.7. The zero-order valence-electron chi connectivity index (χ0n) is 14.7. The number of aliphatic carboxylic acids is 1.